The minimum Gasteiger partial charge on any atom is -0.135 e. The van der Waals surface area contributed by atoms with Gasteiger partial charge in [0.15, 0.2) is 0 Å². The molecular formula is C52H28S2. The SMILES string of the molecule is c1ccc2c(c1)C1=C(c3ccccc3C13c1ccccc1-c1cc4sc5ccccc5c4cc13)C21c2ccccc2-c2cc3sc4ccccc4c3cc21. The number of thiophene rings is 2. The van der Waals surface area contributed by atoms with E-state index in [1.54, 1.807) is 0 Å². The largest absolute Gasteiger partial charge is 0.135 e. The van der Waals surface area contributed by atoms with E-state index in [9.17, 15) is 0 Å². The second kappa shape index (κ2) is 9.53. The van der Waals surface area contributed by atoms with Crippen LogP contribution in [0.3, 0.4) is 0 Å². The van der Waals surface area contributed by atoms with Crippen molar-refractivity contribution in [1.82, 2.24) is 0 Å². The monoisotopic (exact) mass is 716 g/mol. The molecule has 10 aromatic rings. The van der Waals surface area contributed by atoms with Gasteiger partial charge in [0.05, 0.1) is 10.8 Å². The van der Waals surface area contributed by atoms with Gasteiger partial charge >= 0.3 is 0 Å². The predicted octanol–water partition coefficient (Wildman–Crippen LogP) is 14.0. The molecular weight excluding hydrogens is 689 g/mol. The zero-order valence-corrected chi connectivity index (χ0v) is 30.6. The molecule has 2 heterocycles. The maximum atomic E-state index is 2.58. The fourth-order valence-electron chi connectivity index (χ4n) is 11.5. The van der Waals surface area contributed by atoms with Crippen molar-refractivity contribution in [2.75, 3.05) is 0 Å². The highest BCUT2D eigenvalue weighted by atomic mass is 32.1. The third-order valence-electron chi connectivity index (χ3n) is 13.3. The summed E-state index contributed by atoms with van der Waals surface area (Å²) in [5, 5.41) is 5.41. The standard InChI is InChI=1S/C52H28S2/c1-7-19-39-29(13-1)35-27-47-37(31-15-5-11-23-45(31)53-47)25-43(35)51(39)41-21-9-3-17-33(41)50-49(51)34-18-4-10-22-42(34)52(50)40-20-8-2-14-30(40)36-28-48-38(26-44(36)52)32-16-6-12-24-46(32)54-48/h1-28H. The molecule has 0 saturated heterocycles. The molecule has 248 valence electrons. The number of fused-ring (bicyclic) bond motifs is 24. The first kappa shape index (κ1) is 28.4. The summed E-state index contributed by atoms with van der Waals surface area (Å²) in [5.41, 5.74) is 18.6. The van der Waals surface area contributed by atoms with Crippen LogP contribution in [-0.4, -0.2) is 0 Å². The first-order chi connectivity index (χ1) is 26.8. The zero-order chi connectivity index (χ0) is 34.9. The van der Waals surface area contributed by atoms with Crippen LogP contribution in [0.15, 0.2) is 170 Å². The van der Waals surface area contributed by atoms with Crippen LogP contribution in [0, 0.1) is 0 Å². The maximum absolute atomic E-state index is 2.58. The van der Waals surface area contributed by atoms with Gasteiger partial charge in [-0.3, -0.25) is 0 Å². The van der Waals surface area contributed by atoms with Gasteiger partial charge in [0.2, 0.25) is 0 Å². The van der Waals surface area contributed by atoms with Gasteiger partial charge < -0.3 is 0 Å². The van der Waals surface area contributed by atoms with E-state index in [4.69, 9.17) is 0 Å². The average molecular weight is 717 g/mol. The Labute approximate surface area is 319 Å². The Morgan fingerprint density at radius 2 is 0.611 bits per heavy atom. The summed E-state index contributed by atoms with van der Waals surface area (Å²) >= 11 is 3.84. The van der Waals surface area contributed by atoms with Crippen molar-refractivity contribution in [1.29, 1.82) is 0 Å². The van der Waals surface area contributed by atoms with Crippen molar-refractivity contribution in [3.8, 4) is 22.3 Å². The lowest BCUT2D eigenvalue weighted by Gasteiger charge is -2.34. The minimum absolute atomic E-state index is 0.467. The molecule has 0 nitrogen and oxygen atoms in total. The molecule has 0 saturated carbocycles. The van der Waals surface area contributed by atoms with E-state index in [1.165, 1.54) is 118 Å². The summed E-state index contributed by atoms with van der Waals surface area (Å²) in [5.74, 6) is 0. The molecule has 14 rings (SSSR count). The van der Waals surface area contributed by atoms with Crippen molar-refractivity contribution in [2.24, 2.45) is 0 Å². The van der Waals surface area contributed by atoms with Gasteiger partial charge in [-0.2, -0.15) is 0 Å². The highest BCUT2D eigenvalue weighted by Gasteiger charge is 2.63. The summed E-state index contributed by atoms with van der Waals surface area (Å²) in [6.45, 7) is 0. The third-order valence-corrected chi connectivity index (χ3v) is 15.6. The average Bonchev–Trinajstić information content (AvgIpc) is 4.04. The molecule has 2 heteroatoms. The van der Waals surface area contributed by atoms with Gasteiger partial charge in [-0.15, -0.1) is 22.7 Å². The fraction of sp³-hybridized carbons (Fsp3) is 0.0385. The number of allylic oxidation sites excluding steroid dienone is 2. The zero-order valence-electron chi connectivity index (χ0n) is 29.0. The number of hydrogen-bond acceptors (Lipinski definition) is 2. The van der Waals surface area contributed by atoms with Crippen LogP contribution in [0.4, 0.5) is 0 Å². The van der Waals surface area contributed by atoms with Gasteiger partial charge in [0, 0.05) is 40.3 Å². The molecule has 0 N–H and O–H groups in total. The quantitative estimate of drug-likeness (QED) is 0.147. The lowest BCUT2D eigenvalue weighted by Crippen LogP contribution is -2.28. The van der Waals surface area contributed by atoms with E-state index in [2.05, 4.69) is 170 Å². The molecule has 0 bridgehead atoms. The van der Waals surface area contributed by atoms with Gasteiger partial charge in [-0.1, -0.05) is 133 Å². The lowest BCUT2D eigenvalue weighted by atomic mass is 9.66. The van der Waals surface area contributed by atoms with Crippen LogP contribution in [0.2, 0.25) is 0 Å². The Kier molecular flexibility index (Phi) is 5.02. The van der Waals surface area contributed by atoms with Crippen molar-refractivity contribution < 1.29 is 0 Å². The molecule has 4 aliphatic carbocycles. The molecule has 0 aliphatic heterocycles. The molecule has 2 unspecified atom stereocenters. The number of rotatable bonds is 0. The van der Waals surface area contributed by atoms with Crippen LogP contribution < -0.4 is 0 Å². The summed E-state index contributed by atoms with van der Waals surface area (Å²) in [4.78, 5) is 0. The Morgan fingerprint density at radius 1 is 0.259 bits per heavy atom. The molecule has 0 fully saturated rings. The van der Waals surface area contributed by atoms with Crippen LogP contribution in [0.25, 0.3) is 73.7 Å². The van der Waals surface area contributed by atoms with Crippen LogP contribution in [-0.2, 0) is 10.8 Å². The molecule has 2 aromatic heterocycles. The van der Waals surface area contributed by atoms with Gasteiger partial charge in [0.25, 0.3) is 0 Å². The van der Waals surface area contributed by atoms with Crippen molar-refractivity contribution >= 4 is 74.2 Å². The first-order valence-corrected chi connectivity index (χ1v) is 20.5. The highest BCUT2D eigenvalue weighted by molar-refractivity contribution is 7.26. The van der Waals surface area contributed by atoms with Crippen molar-refractivity contribution in [3.63, 3.8) is 0 Å². The van der Waals surface area contributed by atoms with E-state index in [-0.39, 0.29) is 0 Å². The Hall–Kier alpha value is -6.06. The van der Waals surface area contributed by atoms with Crippen LogP contribution >= 0.6 is 22.7 Å². The fourth-order valence-corrected chi connectivity index (χ4v) is 13.7. The Bertz CT molecular complexity index is 3180. The predicted molar refractivity (Wildman–Crippen MR) is 229 cm³/mol. The van der Waals surface area contributed by atoms with Gasteiger partial charge in [-0.25, -0.2) is 0 Å². The van der Waals surface area contributed by atoms with E-state index < -0.39 is 10.8 Å². The molecule has 2 spiro atoms. The van der Waals surface area contributed by atoms with E-state index in [0.29, 0.717) is 0 Å². The molecule has 8 aromatic carbocycles. The second-order valence-corrected chi connectivity index (χ2v) is 17.6. The van der Waals surface area contributed by atoms with Crippen LogP contribution in [0.5, 0.6) is 0 Å². The molecule has 0 amide bonds. The topological polar surface area (TPSA) is 0 Å². The van der Waals surface area contributed by atoms with E-state index >= 15 is 0 Å². The summed E-state index contributed by atoms with van der Waals surface area (Å²) in [7, 11) is 0. The summed E-state index contributed by atoms with van der Waals surface area (Å²) < 4.78 is 5.41. The molecule has 0 radical (unpaired) electrons. The summed E-state index contributed by atoms with van der Waals surface area (Å²) in [6, 6.07) is 65.6. The lowest BCUT2D eigenvalue weighted by molar-refractivity contribution is 0.828. The smallest absolute Gasteiger partial charge is 0.0729 e. The number of benzene rings is 8. The molecule has 2 atom stereocenters. The normalized spacial score (nSPS) is 19.6. The van der Waals surface area contributed by atoms with E-state index in [1.807, 2.05) is 22.7 Å². The van der Waals surface area contributed by atoms with Gasteiger partial charge in [0.1, 0.15) is 0 Å². The second-order valence-electron chi connectivity index (χ2n) is 15.4. The molecule has 4 aliphatic rings. The van der Waals surface area contributed by atoms with Crippen molar-refractivity contribution in [2.45, 2.75) is 10.8 Å². The van der Waals surface area contributed by atoms with Crippen molar-refractivity contribution in [3.05, 3.63) is 214 Å². The minimum atomic E-state index is -0.467. The summed E-state index contributed by atoms with van der Waals surface area (Å²) in [6.07, 6.45) is 0. The van der Waals surface area contributed by atoms with Gasteiger partial charge in [-0.05, 0) is 114 Å². The Morgan fingerprint density at radius 3 is 1.06 bits per heavy atom. The Balaban J connectivity index is 1.20. The molecule has 54 heavy (non-hydrogen) atoms. The maximum Gasteiger partial charge on any atom is 0.0729 e. The highest BCUT2D eigenvalue weighted by Crippen LogP contribution is 2.75. The van der Waals surface area contributed by atoms with E-state index in [0.717, 1.165) is 0 Å². The van der Waals surface area contributed by atoms with Crippen LogP contribution in [0.1, 0.15) is 44.5 Å². The number of hydrogen-bond donors (Lipinski definition) is 0. The third kappa shape index (κ3) is 3.00. The first-order valence-electron chi connectivity index (χ1n) is 18.8.